The molecule has 1 unspecified atom stereocenters. The van der Waals surface area contributed by atoms with E-state index in [0.29, 0.717) is 5.92 Å². The van der Waals surface area contributed by atoms with Crippen LogP contribution in [0.1, 0.15) is 37.4 Å². The molecule has 1 aliphatic rings. The second-order valence-electron chi connectivity index (χ2n) is 5.85. The molecule has 1 aromatic rings. The Bertz CT molecular complexity index is 506. The van der Waals surface area contributed by atoms with Crippen LogP contribution in [0.2, 0.25) is 5.02 Å². The zero-order chi connectivity index (χ0) is 16.3. The third-order valence-electron chi connectivity index (χ3n) is 4.37. The van der Waals surface area contributed by atoms with Crippen LogP contribution >= 0.6 is 36.4 Å². The molecule has 1 fully saturated rings. The molecule has 0 spiro atoms. The molecule has 1 aromatic carbocycles. The van der Waals surface area contributed by atoms with Gasteiger partial charge in [0.05, 0.1) is 10.6 Å². The van der Waals surface area contributed by atoms with Gasteiger partial charge < -0.3 is 5.32 Å². The van der Waals surface area contributed by atoms with Crippen LogP contribution in [0.3, 0.4) is 0 Å². The van der Waals surface area contributed by atoms with Crippen LogP contribution in [0.15, 0.2) is 18.2 Å². The van der Waals surface area contributed by atoms with Gasteiger partial charge in [-0.3, -0.25) is 4.90 Å². The lowest BCUT2D eigenvalue weighted by Gasteiger charge is -2.38. The van der Waals surface area contributed by atoms with Crippen molar-refractivity contribution in [1.82, 2.24) is 10.2 Å². The summed E-state index contributed by atoms with van der Waals surface area (Å²) in [5.41, 5.74) is 0.107. The highest BCUT2D eigenvalue weighted by atomic mass is 35.5. The summed E-state index contributed by atoms with van der Waals surface area (Å²) in [6.07, 6.45) is -3.44. The third kappa shape index (κ3) is 5.67. The van der Waals surface area contributed by atoms with Crippen molar-refractivity contribution < 1.29 is 13.2 Å². The molecule has 0 saturated carbocycles. The zero-order valence-electron chi connectivity index (χ0n) is 13.7. The number of alkyl halides is 3. The normalized spacial score (nSPS) is 18.2. The summed E-state index contributed by atoms with van der Waals surface area (Å²) in [4.78, 5) is 2.34. The van der Waals surface area contributed by atoms with Crippen molar-refractivity contribution in [2.75, 3.05) is 26.2 Å². The summed E-state index contributed by atoms with van der Waals surface area (Å²) in [5, 5.41) is 3.09. The average molecular weight is 408 g/mol. The van der Waals surface area contributed by atoms with E-state index in [4.69, 9.17) is 11.6 Å². The molecule has 2 rings (SSSR count). The molecule has 8 heteroatoms. The summed E-state index contributed by atoms with van der Waals surface area (Å²) in [6, 6.07) is 4.28. The number of rotatable bonds is 4. The Labute approximate surface area is 158 Å². The van der Waals surface area contributed by atoms with E-state index in [1.165, 1.54) is 6.07 Å². The van der Waals surface area contributed by atoms with Gasteiger partial charge in [0.25, 0.3) is 0 Å². The summed E-state index contributed by atoms with van der Waals surface area (Å²) in [5.74, 6) is 0.353. The molecule has 1 N–H and O–H groups in total. The standard InChI is InChI=1S/C16H22ClF3N2.2ClH/c1-3-11(2)15(22-8-6-21-7-9-22)12-4-5-13(14(17)10-12)16(18,19)20;;/h4-5,10-11,15,21H,3,6-9H2,1-2H3;2*1H/t11?,15-;;/m0../s1. The lowest BCUT2D eigenvalue weighted by atomic mass is 9.90. The lowest BCUT2D eigenvalue weighted by Crippen LogP contribution is -2.46. The minimum Gasteiger partial charge on any atom is -0.314 e. The number of hydrogen-bond donors (Lipinski definition) is 1. The molecule has 1 heterocycles. The van der Waals surface area contributed by atoms with Crippen molar-refractivity contribution in [2.45, 2.75) is 32.5 Å². The quantitative estimate of drug-likeness (QED) is 0.738. The second kappa shape index (κ2) is 10.1. The summed E-state index contributed by atoms with van der Waals surface area (Å²) >= 11 is 5.89. The van der Waals surface area contributed by atoms with Gasteiger partial charge in [-0.15, -0.1) is 24.8 Å². The second-order valence-corrected chi connectivity index (χ2v) is 6.26. The monoisotopic (exact) mass is 406 g/mol. The number of benzene rings is 1. The van der Waals surface area contributed by atoms with E-state index in [0.717, 1.165) is 44.2 Å². The highest BCUT2D eigenvalue weighted by Crippen LogP contribution is 2.38. The Morgan fingerprint density at radius 1 is 1.21 bits per heavy atom. The van der Waals surface area contributed by atoms with E-state index in [2.05, 4.69) is 24.1 Å². The van der Waals surface area contributed by atoms with E-state index in [-0.39, 0.29) is 35.9 Å². The number of hydrogen-bond acceptors (Lipinski definition) is 2. The first-order chi connectivity index (χ1) is 10.3. The van der Waals surface area contributed by atoms with Gasteiger partial charge in [0, 0.05) is 32.2 Å². The fraction of sp³-hybridized carbons (Fsp3) is 0.625. The molecule has 0 aliphatic carbocycles. The molecule has 0 radical (unpaired) electrons. The first kappa shape index (κ1) is 23.8. The third-order valence-corrected chi connectivity index (χ3v) is 4.68. The Kier molecular flexibility index (Phi) is 9.99. The minimum absolute atomic E-state index is 0. The van der Waals surface area contributed by atoms with Gasteiger partial charge in [-0.1, -0.05) is 37.9 Å². The number of halogens is 6. The van der Waals surface area contributed by atoms with E-state index >= 15 is 0 Å². The van der Waals surface area contributed by atoms with Crippen molar-refractivity contribution in [1.29, 1.82) is 0 Å². The highest BCUT2D eigenvalue weighted by Gasteiger charge is 2.34. The van der Waals surface area contributed by atoms with Crippen molar-refractivity contribution in [2.24, 2.45) is 5.92 Å². The van der Waals surface area contributed by atoms with Gasteiger partial charge in [-0.05, 0) is 23.6 Å². The molecule has 1 aliphatic heterocycles. The predicted octanol–water partition coefficient (Wildman–Crippen LogP) is 5.19. The average Bonchev–Trinajstić information content (AvgIpc) is 2.47. The van der Waals surface area contributed by atoms with Gasteiger partial charge in [0.15, 0.2) is 0 Å². The van der Waals surface area contributed by atoms with Gasteiger partial charge in [0.1, 0.15) is 0 Å². The van der Waals surface area contributed by atoms with Gasteiger partial charge in [0.2, 0.25) is 0 Å². The Balaban J connectivity index is 0.00000264. The molecule has 1 saturated heterocycles. The summed E-state index contributed by atoms with van der Waals surface area (Å²) in [7, 11) is 0. The van der Waals surface area contributed by atoms with Crippen LogP contribution < -0.4 is 5.32 Å². The Morgan fingerprint density at radius 3 is 2.25 bits per heavy atom. The van der Waals surface area contributed by atoms with E-state index in [1.807, 2.05) is 0 Å². The summed E-state index contributed by atoms with van der Waals surface area (Å²) < 4.78 is 38.6. The number of piperazine rings is 1. The maximum atomic E-state index is 12.9. The topological polar surface area (TPSA) is 15.3 Å². The Morgan fingerprint density at radius 2 is 1.79 bits per heavy atom. The molecule has 0 amide bonds. The molecular formula is C16H24Cl3F3N2. The van der Waals surface area contributed by atoms with E-state index in [1.54, 1.807) is 6.07 Å². The van der Waals surface area contributed by atoms with E-state index < -0.39 is 11.7 Å². The molecular weight excluding hydrogens is 384 g/mol. The number of nitrogens with one attached hydrogen (secondary N) is 1. The Hall–Kier alpha value is -0.200. The van der Waals surface area contributed by atoms with Crippen LogP contribution in [-0.4, -0.2) is 31.1 Å². The van der Waals surface area contributed by atoms with Crippen LogP contribution in [0.5, 0.6) is 0 Å². The first-order valence-electron chi connectivity index (χ1n) is 7.66. The van der Waals surface area contributed by atoms with Gasteiger partial charge >= 0.3 is 6.18 Å². The van der Waals surface area contributed by atoms with Crippen LogP contribution in [0, 0.1) is 5.92 Å². The molecule has 140 valence electrons. The van der Waals surface area contributed by atoms with Crippen LogP contribution in [-0.2, 0) is 6.18 Å². The molecule has 24 heavy (non-hydrogen) atoms. The molecule has 2 nitrogen and oxygen atoms in total. The predicted molar refractivity (Wildman–Crippen MR) is 97.6 cm³/mol. The van der Waals surface area contributed by atoms with Crippen molar-refractivity contribution in [3.63, 3.8) is 0 Å². The molecule has 2 atom stereocenters. The van der Waals surface area contributed by atoms with E-state index in [9.17, 15) is 13.2 Å². The van der Waals surface area contributed by atoms with Gasteiger partial charge in [-0.25, -0.2) is 0 Å². The minimum atomic E-state index is -4.41. The SMILES string of the molecule is CCC(C)[C@@H](c1ccc(C(F)(F)F)c(Cl)c1)N1CCNCC1.Cl.Cl. The lowest BCUT2D eigenvalue weighted by molar-refractivity contribution is -0.137. The summed E-state index contributed by atoms with van der Waals surface area (Å²) in [6.45, 7) is 7.84. The largest absolute Gasteiger partial charge is 0.417 e. The zero-order valence-corrected chi connectivity index (χ0v) is 16.1. The van der Waals surface area contributed by atoms with Crippen LogP contribution in [0.25, 0.3) is 0 Å². The molecule has 0 bridgehead atoms. The fourth-order valence-corrected chi connectivity index (χ4v) is 3.32. The van der Waals surface area contributed by atoms with Gasteiger partial charge in [-0.2, -0.15) is 13.2 Å². The maximum absolute atomic E-state index is 12.9. The fourth-order valence-electron chi connectivity index (χ4n) is 3.03. The van der Waals surface area contributed by atoms with Crippen molar-refractivity contribution in [3.05, 3.63) is 34.3 Å². The van der Waals surface area contributed by atoms with Crippen LogP contribution in [0.4, 0.5) is 13.2 Å². The molecule has 0 aromatic heterocycles. The van der Waals surface area contributed by atoms with Crippen molar-refractivity contribution >= 4 is 36.4 Å². The highest BCUT2D eigenvalue weighted by molar-refractivity contribution is 6.31. The number of nitrogens with zero attached hydrogens (tertiary/aromatic N) is 1. The first-order valence-corrected chi connectivity index (χ1v) is 8.03. The maximum Gasteiger partial charge on any atom is 0.417 e. The smallest absolute Gasteiger partial charge is 0.314 e. The van der Waals surface area contributed by atoms with Crippen molar-refractivity contribution in [3.8, 4) is 0 Å².